The summed E-state index contributed by atoms with van der Waals surface area (Å²) in [5.74, 6) is -0.780. The second-order valence-electron chi connectivity index (χ2n) is 6.51. The van der Waals surface area contributed by atoms with E-state index in [0.717, 1.165) is 0 Å². The molecule has 0 atom stereocenters. The van der Waals surface area contributed by atoms with E-state index in [1.54, 1.807) is 19.9 Å². The van der Waals surface area contributed by atoms with Gasteiger partial charge in [0.1, 0.15) is 22.8 Å². The Balaban J connectivity index is 1.89. The molecule has 0 aliphatic heterocycles. The maximum Gasteiger partial charge on any atom is 0.341 e. The molecule has 1 N–H and O–H groups in total. The first-order valence-electron chi connectivity index (χ1n) is 9.03. The minimum absolute atomic E-state index is 0.114. The van der Waals surface area contributed by atoms with Gasteiger partial charge in [-0.3, -0.25) is 19.7 Å². The van der Waals surface area contributed by atoms with Gasteiger partial charge in [0.05, 0.1) is 18.6 Å². The lowest BCUT2D eigenvalue weighted by Gasteiger charge is -2.11. The minimum Gasteiger partial charge on any atom is -0.465 e. The molecule has 31 heavy (non-hydrogen) atoms. The highest BCUT2D eigenvalue weighted by atomic mass is 16.6. The fourth-order valence-electron chi connectivity index (χ4n) is 2.94. The molecule has 0 saturated carbocycles. The second kappa shape index (κ2) is 8.61. The maximum absolute atomic E-state index is 12.6. The van der Waals surface area contributed by atoms with Crippen LogP contribution >= 0.6 is 0 Å². The van der Waals surface area contributed by atoms with Gasteiger partial charge >= 0.3 is 5.97 Å². The number of aryl methyl sites for hydroxylation is 2. The van der Waals surface area contributed by atoms with E-state index in [-0.39, 0.29) is 29.2 Å². The van der Waals surface area contributed by atoms with Crippen molar-refractivity contribution in [3.63, 3.8) is 0 Å². The molecule has 1 aromatic carbocycles. The molecule has 0 radical (unpaired) electrons. The fourth-order valence-corrected chi connectivity index (χ4v) is 2.94. The summed E-state index contributed by atoms with van der Waals surface area (Å²) in [5.41, 5.74) is -0.659. The number of aromatic nitrogens is 2. The summed E-state index contributed by atoms with van der Waals surface area (Å²) in [4.78, 5) is 47.3. The number of nitrogens with one attached hydrogen (secondary N) is 1. The van der Waals surface area contributed by atoms with Gasteiger partial charge < -0.3 is 14.5 Å². The van der Waals surface area contributed by atoms with Crippen molar-refractivity contribution in [3.8, 4) is 5.69 Å². The van der Waals surface area contributed by atoms with Crippen LogP contribution in [0.1, 0.15) is 38.1 Å². The number of nitrogens with zero attached hydrogens (tertiary/aromatic N) is 3. The van der Waals surface area contributed by atoms with Crippen molar-refractivity contribution in [2.75, 3.05) is 7.11 Å². The summed E-state index contributed by atoms with van der Waals surface area (Å²) >= 11 is 0. The second-order valence-corrected chi connectivity index (χ2v) is 6.51. The number of hydrogen-bond donors (Lipinski definition) is 1. The molecule has 3 aromatic rings. The van der Waals surface area contributed by atoms with Gasteiger partial charge in [0, 0.05) is 17.8 Å². The van der Waals surface area contributed by atoms with Crippen LogP contribution in [0.3, 0.4) is 0 Å². The quantitative estimate of drug-likeness (QED) is 0.358. The molecule has 2 aromatic heterocycles. The number of para-hydroxylation sites is 2. The Labute approximate surface area is 175 Å². The summed E-state index contributed by atoms with van der Waals surface area (Å²) in [5, 5.41) is 17.9. The first kappa shape index (κ1) is 21.4. The van der Waals surface area contributed by atoms with E-state index in [1.165, 1.54) is 42.1 Å². The summed E-state index contributed by atoms with van der Waals surface area (Å²) in [6.07, 6.45) is 0. The zero-order valence-corrected chi connectivity index (χ0v) is 16.9. The number of nitro groups is 1. The number of methoxy groups -OCH3 is 1. The van der Waals surface area contributed by atoms with Crippen molar-refractivity contribution >= 4 is 17.6 Å². The van der Waals surface area contributed by atoms with E-state index >= 15 is 0 Å². The number of carbonyl (C=O) groups is 2. The number of amides is 1. The lowest BCUT2D eigenvalue weighted by atomic mass is 10.2. The van der Waals surface area contributed by atoms with Crippen LogP contribution in [-0.2, 0) is 11.3 Å². The first-order valence-corrected chi connectivity index (χ1v) is 9.03. The molecule has 0 aliphatic carbocycles. The van der Waals surface area contributed by atoms with Crippen molar-refractivity contribution in [2.45, 2.75) is 20.4 Å². The molecule has 3 rings (SSSR count). The highest BCUT2D eigenvalue weighted by molar-refractivity contribution is 5.92. The predicted octanol–water partition coefficient (Wildman–Crippen LogP) is 2.07. The van der Waals surface area contributed by atoms with Crippen LogP contribution in [0.25, 0.3) is 5.69 Å². The van der Waals surface area contributed by atoms with Crippen LogP contribution in [0.5, 0.6) is 0 Å². The van der Waals surface area contributed by atoms with Crippen LogP contribution < -0.4 is 10.7 Å². The summed E-state index contributed by atoms with van der Waals surface area (Å²) < 4.78 is 11.2. The molecule has 2 heterocycles. The Morgan fingerprint density at radius 2 is 1.97 bits per heavy atom. The maximum atomic E-state index is 12.6. The Morgan fingerprint density at radius 1 is 1.26 bits per heavy atom. The fraction of sp³-hybridized carbons (Fsp3) is 0.200. The largest absolute Gasteiger partial charge is 0.465 e. The van der Waals surface area contributed by atoms with Crippen molar-refractivity contribution in [1.29, 1.82) is 0 Å². The van der Waals surface area contributed by atoms with Gasteiger partial charge in [-0.25, -0.2) is 9.48 Å². The van der Waals surface area contributed by atoms with Crippen LogP contribution in [0.2, 0.25) is 0 Å². The van der Waals surface area contributed by atoms with E-state index in [2.05, 4.69) is 15.2 Å². The molecule has 11 nitrogen and oxygen atoms in total. The molecule has 0 saturated heterocycles. The van der Waals surface area contributed by atoms with Crippen molar-refractivity contribution in [1.82, 2.24) is 15.1 Å². The predicted molar refractivity (Wildman–Crippen MR) is 107 cm³/mol. The zero-order valence-electron chi connectivity index (χ0n) is 16.9. The Kier molecular flexibility index (Phi) is 5.95. The van der Waals surface area contributed by atoms with E-state index < -0.39 is 27.9 Å². The summed E-state index contributed by atoms with van der Waals surface area (Å²) in [6, 6.07) is 8.44. The van der Waals surface area contributed by atoms with Crippen LogP contribution in [-0.4, -0.2) is 33.7 Å². The van der Waals surface area contributed by atoms with Gasteiger partial charge in [-0.05, 0) is 26.0 Å². The highest BCUT2D eigenvalue weighted by Crippen LogP contribution is 2.22. The first-order chi connectivity index (χ1) is 14.7. The number of hydrogen-bond acceptors (Lipinski definition) is 8. The van der Waals surface area contributed by atoms with E-state index in [9.17, 15) is 24.5 Å². The zero-order chi connectivity index (χ0) is 22.7. The molecule has 0 aliphatic rings. The molecular weight excluding hydrogens is 408 g/mol. The van der Waals surface area contributed by atoms with Crippen molar-refractivity contribution in [3.05, 3.63) is 85.2 Å². The molecule has 11 heteroatoms. The van der Waals surface area contributed by atoms with Crippen LogP contribution in [0.15, 0.2) is 45.6 Å². The standard InChI is InChI=1S/C20H18N4O7/c1-11-8-17(25)18(22-23(11)15-6-4-5-7-16(15)24(28)29)19(26)21-10-13-9-14(12(2)31-13)20(27)30-3/h4-9H,10H2,1-3H3,(H,21,26). The van der Waals surface area contributed by atoms with Crippen LogP contribution in [0.4, 0.5) is 5.69 Å². The Morgan fingerprint density at radius 3 is 2.65 bits per heavy atom. The average Bonchev–Trinajstić information content (AvgIpc) is 3.12. The number of benzene rings is 1. The summed E-state index contributed by atoms with van der Waals surface area (Å²) in [6.45, 7) is 3.01. The monoisotopic (exact) mass is 426 g/mol. The van der Waals surface area contributed by atoms with Gasteiger partial charge in [-0.2, -0.15) is 5.10 Å². The lowest BCUT2D eigenvalue weighted by Crippen LogP contribution is -2.31. The number of ether oxygens (including phenoxy) is 1. The molecule has 0 unspecified atom stereocenters. The minimum atomic E-state index is -0.800. The van der Waals surface area contributed by atoms with Crippen molar-refractivity contribution in [2.24, 2.45) is 0 Å². The Bertz CT molecular complexity index is 1240. The molecular formula is C20H18N4O7. The van der Waals surface area contributed by atoms with Gasteiger partial charge in [0.15, 0.2) is 5.69 Å². The normalized spacial score (nSPS) is 10.5. The average molecular weight is 426 g/mol. The van der Waals surface area contributed by atoms with E-state index in [1.807, 2.05) is 0 Å². The van der Waals surface area contributed by atoms with Gasteiger partial charge in [0.2, 0.25) is 5.43 Å². The topological polar surface area (TPSA) is 147 Å². The van der Waals surface area contributed by atoms with E-state index in [0.29, 0.717) is 11.5 Å². The SMILES string of the molecule is COC(=O)c1cc(CNC(=O)c2nn(-c3ccccc3[N+](=O)[O-])c(C)cc2=O)oc1C. The lowest BCUT2D eigenvalue weighted by molar-refractivity contribution is -0.384. The summed E-state index contributed by atoms with van der Waals surface area (Å²) in [7, 11) is 1.24. The van der Waals surface area contributed by atoms with Crippen molar-refractivity contribution < 1.29 is 23.7 Å². The third-order valence-electron chi connectivity index (χ3n) is 4.43. The van der Waals surface area contributed by atoms with Crippen LogP contribution in [0, 0.1) is 24.0 Å². The third-order valence-corrected chi connectivity index (χ3v) is 4.43. The molecule has 0 bridgehead atoms. The van der Waals surface area contributed by atoms with E-state index in [4.69, 9.17) is 4.42 Å². The molecule has 160 valence electrons. The number of carbonyl (C=O) groups excluding carboxylic acids is 2. The smallest absolute Gasteiger partial charge is 0.341 e. The molecule has 1 amide bonds. The van der Waals surface area contributed by atoms with Gasteiger partial charge in [0.25, 0.3) is 11.6 Å². The number of nitro benzene ring substituents is 1. The van der Waals surface area contributed by atoms with Gasteiger partial charge in [-0.15, -0.1) is 0 Å². The number of esters is 1. The third kappa shape index (κ3) is 4.34. The number of furan rings is 1. The van der Waals surface area contributed by atoms with Gasteiger partial charge in [-0.1, -0.05) is 12.1 Å². The molecule has 0 fully saturated rings. The highest BCUT2D eigenvalue weighted by Gasteiger charge is 2.21. The number of rotatable bonds is 6. The Hall–Kier alpha value is -4.28. The molecule has 0 spiro atoms.